The summed E-state index contributed by atoms with van der Waals surface area (Å²) < 4.78 is 0. The Morgan fingerprint density at radius 2 is 1.80 bits per heavy atom. The number of carbonyl (C=O) groups is 2. The van der Waals surface area contributed by atoms with Gasteiger partial charge in [0.2, 0.25) is 11.8 Å². The average Bonchev–Trinajstić information content (AvgIpc) is 2.38. The van der Waals surface area contributed by atoms with Crippen LogP contribution in [0.1, 0.15) is 33.6 Å². The van der Waals surface area contributed by atoms with Crippen molar-refractivity contribution in [1.82, 2.24) is 0 Å². The molecule has 0 radical (unpaired) electrons. The van der Waals surface area contributed by atoms with Gasteiger partial charge in [-0.25, -0.2) is 0 Å². The lowest BCUT2D eigenvalue weighted by Crippen LogP contribution is -2.26. The molecule has 0 aliphatic rings. The molecule has 0 heterocycles. The number of hydrogen-bond acceptors (Lipinski definition) is 3. The number of carbonyl (C=O) groups excluding carboxylic acids is 2. The van der Waals surface area contributed by atoms with Crippen molar-refractivity contribution in [2.45, 2.75) is 39.7 Å². The number of amides is 2. The Morgan fingerprint density at radius 1 is 1.20 bits per heavy atom. The normalized spacial score (nSPS) is 12.1. The highest BCUT2D eigenvalue weighted by Crippen LogP contribution is 2.16. The highest BCUT2D eigenvalue weighted by atomic mass is 16.2. The van der Waals surface area contributed by atoms with Crippen molar-refractivity contribution in [1.29, 1.82) is 0 Å². The predicted molar refractivity (Wildman–Crippen MR) is 81.4 cm³/mol. The first kappa shape index (κ1) is 16.2. The van der Waals surface area contributed by atoms with Crippen molar-refractivity contribution in [2.75, 3.05) is 10.6 Å². The molecule has 0 fully saturated rings. The maximum Gasteiger partial charge on any atom is 0.226 e. The molecule has 1 atom stereocenters. The zero-order valence-electron chi connectivity index (χ0n) is 12.3. The molecule has 1 aromatic rings. The number of benzene rings is 1. The first-order chi connectivity index (χ1) is 9.42. The van der Waals surface area contributed by atoms with Gasteiger partial charge in [0, 0.05) is 29.8 Å². The summed E-state index contributed by atoms with van der Waals surface area (Å²) in [6, 6.07) is 6.95. The quantitative estimate of drug-likeness (QED) is 0.746. The molecule has 0 saturated heterocycles. The summed E-state index contributed by atoms with van der Waals surface area (Å²) in [5, 5.41) is 5.57. The predicted octanol–water partition coefficient (Wildman–Crippen LogP) is 2.35. The lowest BCUT2D eigenvalue weighted by atomic mass is 10.1. The van der Waals surface area contributed by atoms with Crippen LogP contribution in [0.25, 0.3) is 0 Å². The molecule has 0 aliphatic heterocycles. The fourth-order valence-corrected chi connectivity index (χ4v) is 1.56. The average molecular weight is 277 g/mol. The molecule has 20 heavy (non-hydrogen) atoms. The monoisotopic (exact) mass is 277 g/mol. The maximum atomic E-state index is 11.7. The Hall–Kier alpha value is -1.88. The summed E-state index contributed by atoms with van der Waals surface area (Å²) in [6.07, 6.45) is 1.05. The Morgan fingerprint density at radius 3 is 2.35 bits per heavy atom. The van der Waals surface area contributed by atoms with Gasteiger partial charge in [-0.05, 0) is 24.6 Å². The van der Waals surface area contributed by atoms with Crippen LogP contribution in [0.15, 0.2) is 24.3 Å². The summed E-state index contributed by atoms with van der Waals surface area (Å²) in [6.45, 7) is 5.60. The van der Waals surface area contributed by atoms with Crippen LogP contribution in [0, 0.1) is 5.92 Å². The third kappa shape index (κ3) is 5.40. The van der Waals surface area contributed by atoms with E-state index in [4.69, 9.17) is 5.73 Å². The Labute approximate surface area is 119 Å². The number of nitrogens with one attached hydrogen (secondary N) is 2. The second-order valence-electron chi connectivity index (χ2n) is 5.15. The summed E-state index contributed by atoms with van der Waals surface area (Å²) >= 11 is 0. The zero-order valence-corrected chi connectivity index (χ0v) is 12.3. The lowest BCUT2D eigenvalue weighted by molar-refractivity contribution is -0.119. The first-order valence-electron chi connectivity index (χ1n) is 6.88. The topological polar surface area (TPSA) is 84.2 Å². The van der Waals surface area contributed by atoms with Gasteiger partial charge in [0.1, 0.15) is 0 Å². The van der Waals surface area contributed by atoms with Gasteiger partial charge < -0.3 is 16.4 Å². The van der Waals surface area contributed by atoms with Crippen LogP contribution in [0.5, 0.6) is 0 Å². The van der Waals surface area contributed by atoms with E-state index in [1.54, 1.807) is 24.3 Å². The smallest absolute Gasteiger partial charge is 0.226 e. The fraction of sp³-hybridized carbons (Fsp3) is 0.467. The molecule has 2 amide bonds. The Balaban J connectivity index is 2.64. The van der Waals surface area contributed by atoms with E-state index >= 15 is 0 Å². The van der Waals surface area contributed by atoms with E-state index in [9.17, 15) is 9.59 Å². The van der Waals surface area contributed by atoms with E-state index in [0.717, 1.165) is 6.42 Å². The van der Waals surface area contributed by atoms with E-state index in [0.29, 0.717) is 17.8 Å². The van der Waals surface area contributed by atoms with Crippen LogP contribution in [0.3, 0.4) is 0 Å². The largest absolute Gasteiger partial charge is 0.327 e. The van der Waals surface area contributed by atoms with Gasteiger partial charge in [0.05, 0.1) is 0 Å². The van der Waals surface area contributed by atoms with Crippen molar-refractivity contribution in [2.24, 2.45) is 11.7 Å². The zero-order chi connectivity index (χ0) is 15.1. The minimum absolute atomic E-state index is 0.0542. The summed E-state index contributed by atoms with van der Waals surface area (Å²) in [7, 11) is 0. The molecule has 5 heteroatoms. The molecule has 110 valence electrons. The third-order valence-electron chi connectivity index (χ3n) is 2.91. The molecule has 0 saturated carbocycles. The lowest BCUT2D eigenvalue weighted by Gasteiger charge is -2.11. The Bertz CT molecular complexity index is 472. The van der Waals surface area contributed by atoms with Crippen molar-refractivity contribution in [3.8, 4) is 0 Å². The van der Waals surface area contributed by atoms with Crippen LogP contribution >= 0.6 is 0 Å². The number of nitrogens with two attached hydrogens (primary N) is 1. The molecule has 0 aliphatic carbocycles. The van der Waals surface area contributed by atoms with E-state index < -0.39 is 0 Å². The van der Waals surface area contributed by atoms with Gasteiger partial charge in [0.15, 0.2) is 0 Å². The van der Waals surface area contributed by atoms with Crippen LogP contribution in [-0.4, -0.2) is 17.9 Å². The molecule has 4 N–H and O–H groups in total. The maximum absolute atomic E-state index is 11.7. The van der Waals surface area contributed by atoms with Crippen molar-refractivity contribution in [3.63, 3.8) is 0 Å². The van der Waals surface area contributed by atoms with Crippen molar-refractivity contribution < 1.29 is 9.59 Å². The van der Waals surface area contributed by atoms with Gasteiger partial charge in [-0.15, -0.1) is 0 Å². The fourth-order valence-electron chi connectivity index (χ4n) is 1.56. The standard InChI is InChI=1S/C15H23N3O2/c1-4-11(16)8-14(19)17-12-6-5-7-13(9-12)18-15(20)10(2)3/h5-7,9-11H,4,8,16H2,1-3H3,(H,17,19)(H,18,20). The molecule has 1 unspecified atom stereocenters. The van der Waals surface area contributed by atoms with Crippen molar-refractivity contribution in [3.05, 3.63) is 24.3 Å². The molecular weight excluding hydrogens is 254 g/mol. The highest BCUT2D eigenvalue weighted by Gasteiger charge is 2.10. The molecule has 1 aromatic carbocycles. The number of rotatable bonds is 6. The molecule has 0 aromatic heterocycles. The van der Waals surface area contributed by atoms with E-state index in [1.165, 1.54) is 0 Å². The minimum Gasteiger partial charge on any atom is -0.327 e. The van der Waals surface area contributed by atoms with Crippen LogP contribution < -0.4 is 16.4 Å². The van der Waals surface area contributed by atoms with Gasteiger partial charge in [-0.3, -0.25) is 9.59 Å². The van der Waals surface area contributed by atoms with Crippen molar-refractivity contribution >= 4 is 23.2 Å². The van der Waals surface area contributed by atoms with Gasteiger partial charge in [-0.2, -0.15) is 0 Å². The minimum atomic E-state index is -0.126. The van der Waals surface area contributed by atoms with E-state index in [2.05, 4.69) is 10.6 Å². The van der Waals surface area contributed by atoms with Gasteiger partial charge in [0.25, 0.3) is 0 Å². The van der Waals surface area contributed by atoms with E-state index in [-0.39, 0.29) is 23.8 Å². The second-order valence-corrected chi connectivity index (χ2v) is 5.15. The summed E-state index contributed by atoms with van der Waals surface area (Å²) in [5.74, 6) is -0.260. The first-order valence-corrected chi connectivity index (χ1v) is 6.88. The molecule has 0 spiro atoms. The molecular formula is C15H23N3O2. The van der Waals surface area contributed by atoms with Gasteiger partial charge in [-0.1, -0.05) is 26.8 Å². The highest BCUT2D eigenvalue weighted by molar-refractivity contribution is 5.94. The van der Waals surface area contributed by atoms with Crippen LogP contribution in [0.4, 0.5) is 11.4 Å². The van der Waals surface area contributed by atoms with Crippen LogP contribution in [-0.2, 0) is 9.59 Å². The second kappa shape index (κ2) is 7.65. The van der Waals surface area contributed by atoms with E-state index in [1.807, 2.05) is 20.8 Å². The van der Waals surface area contributed by atoms with Crippen LogP contribution in [0.2, 0.25) is 0 Å². The summed E-state index contributed by atoms with van der Waals surface area (Å²) in [5.41, 5.74) is 7.06. The molecule has 5 nitrogen and oxygen atoms in total. The Kier molecular flexibility index (Phi) is 6.18. The number of hydrogen-bond donors (Lipinski definition) is 3. The molecule has 0 bridgehead atoms. The number of anilines is 2. The molecule has 1 rings (SSSR count). The third-order valence-corrected chi connectivity index (χ3v) is 2.91. The van der Waals surface area contributed by atoms with Gasteiger partial charge >= 0.3 is 0 Å². The SMILES string of the molecule is CCC(N)CC(=O)Nc1cccc(NC(=O)C(C)C)c1. The summed E-state index contributed by atoms with van der Waals surface area (Å²) in [4.78, 5) is 23.4.